The van der Waals surface area contributed by atoms with Crippen molar-refractivity contribution >= 4 is 51.2 Å². The van der Waals surface area contributed by atoms with Gasteiger partial charge in [-0.2, -0.15) is 0 Å². The molecule has 0 fully saturated rings. The highest BCUT2D eigenvalue weighted by Crippen LogP contribution is 2.41. The van der Waals surface area contributed by atoms with Gasteiger partial charge in [0, 0.05) is 51.2 Å². The van der Waals surface area contributed by atoms with Crippen molar-refractivity contribution in [2.75, 3.05) is 14.7 Å². The van der Waals surface area contributed by atoms with Crippen LogP contribution in [0.25, 0.3) is 11.1 Å². The van der Waals surface area contributed by atoms with E-state index in [9.17, 15) is 0 Å². The fourth-order valence-corrected chi connectivity index (χ4v) is 7.17. The maximum Gasteiger partial charge on any atom is 0.0463 e. The van der Waals surface area contributed by atoms with E-state index in [1.54, 1.807) is 0 Å². The maximum atomic E-state index is 2.33. The molecule has 56 heavy (non-hydrogen) atoms. The minimum atomic E-state index is 1.09. The highest BCUT2D eigenvalue weighted by atomic mass is 15.2. The van der Waals surface area contributed by atoms with E-state index in [2.05, 4.69) is 243 Å². The molecule has 8 aromatic rings. The third-order valence-electron chi connectivity index (χ3n) is 10.4. The summed E-state index contributed by atoms with van der Waals surface area (Å²) in [6.45, 7) is 10.6. The first kappa shape index (κ1) is 36.2. The summed E-state index contributed by atoms with van der Waals surface area (Å²) in [6, 6.07) is 70.4. The lowest BCUT2D eigenvalue weighted by Crippen LogP contribution is -2.12. The fourth-order valence-electron chi connectivity index (χ4n) is 7.17. The molecule has 0 aliphatic carbocycles. The molecule has 0 N–H and O–H groups in total. The van der Waals surface area contributed by atoms with Gasteiger partial charge in [-0.3, -0.25) is 0 Å². The van der Waals surface area contributed by atoms with Crippen LogP contribution in [0.3, 0.4) is 0 Å². The Balaban J connectivity index is 1.10. The summed E-state index contributed by atoms with van der Waals surface area (Å²) in [5.74, 6) is 0. The highest BCUT2D eigenvalue weighted by Gasteiger charge is 2.17. The molecule has 0 aromatic heterocycles. The van der Waals surface area contributed by atoms with Crippen molar-refractivity contribution < 1.29 is 0 Å². The van der Waals surface area contributed by atoms with Crippen molar-refractivity contribution in [3.05, 3.63) is 222 Å². The summed E-state index contributed by atoms with van der Waals surface area (Å²) in [6.07, 6.45) is 0. The Morgan fingerprint density at radius 2 is 0.304 bits per heavy atom. The Hall–Kier alpha value is -6.84. The number of rotatable bonds is 10. The molecule has 0 aliphatic heterocycles. The van der Waals surface area contributed by atoms with Gasteiger partial charge in [-0.25, -0.2) is 0 Å². The zero-order chi connectivity index (χ0) is 38.6. The van der Waals surface area contributed by atoms with Gasteiger partial charge < -0.3 is 14.7 Å². The van der Waals surface area contributed by atoms with Gasteiger partial charge in [-0.05, 0) is 155 Å². The normalized spacial score (nSPS) is 10.9. The molecule has 0 amide bonds. The lowest BCUT2D eigenvalue weighted by molar-refractivity contribution is 1.25. The molecule has 0 bridgehead atoms. The quantitative estimate of drug-likeness (QED) is 0.139. The molecule has 0 heterocycles. The van der Waals surface area contributed by atoms with E-state index in [0.717, 1.165) is 51.2 Å². The predicted molar refractivity (Wildman–Crippen MR) is 240 cm³/mol. The Morgan fingerprint density at radius 1 is 0.179 bits per heavy atom. The molecular formula is C53H47N3. The Morgan fingerprint density at radius 3 is 0.464 bits per heavy atom. The summed E-state index contributed by atoms with van der Waals surface area (Å²) in [7, 11) is 0. The van der Waals surface area contributed by atoms with Crippen LogP contribution >= 0.6 is 0 Å². The van der Waals surface area contributed by atoms with E-state index in [0.29, 0.717) is 0 Å². The van der Waals surface area contributed by atoms with Crippen molar-refractivity contribution in [1.29, 1.82) is 0 Å². The van der Waals surface area contributed by atoms with Crippen LogP contribution < -0.4 is 14.7 Å². The fraction of sp³-hybridized carbons (Fsp3) is 0.0943. The summed E-state index contributed by atoms with van der Waals surface area (Å²) >= 11 is 0. The SMILES string of the molecule is Cc1ccc(N(c2ccc(C)cc2)c2ccc(-c3ccc(N(c4ccc(C)cc4)c4ccc(N(c5ccc(C)cc5)c5ccc(C)cc5)cc4)cc3)cc2)cc1. The molecule has 0 atom stereocenters. The summed E-state index contributed by atoms with van der Waals surface area (Å²) < 4.78 is 0. The third-order valence-corrected chi connectivity index (χ3v) is 10.4. The molecule has 0 spiro atoms. The molecular weight excluding hydrogens is 679 g/mol. The first-order valence-electron chi connectivity index (χ1n) is 19.3. The average molecular weight is 726 g/mol. The predicted octanol–water partition coefficient (Wildman–Crippen LogP) is 15.3. The van der Waals surface area contributed by atoms with Gasteiger partial charge in [0.05, 0.1) is 0 Å². The molecule has 274 valence electrons. The number of hydrogen-bond donors (Lipinski definition) is 0. The van der Waals surface area contributed by atoms with Crippen LogP contribution in [0.4, 0.5) is 51.2 Å². The van der Waals surface area contributed by atoms with Crippen molar-refractivity contribution in [2.24, 2.45) is 0 Å². The number of anilines is 9. The molecule has 3 heteroatoms. The second kappa shape index (κ2) is 15.9. The lowest BCUT2D eigenvalue weighted by Gasteiger charge is -2.28. The van der Waals surface area contributed by atoms with E-state index < -0.39 is 0 Å². The standard InChI is InChI=1S/C53H47N3/c1-38-6-20-45(21-7-38)54(46-22-8-39(2)9-23-46)50-30-16-43(17-31-50)44-18-32-51(33-19-44)56(49-28-14-42(5)15-29-49)53-36-34-52(35-37-53)55(47-24-10-40(3)11-25-47)48-26-12-41(4)13-27-48/h6-37H,1-5H3. The highest BCUT2D eigenvalue weighted by molar-refractivity contribution is 5.83. The van der Waals surface area contributed by atoms with Crippen LogP contribution in [-0.2, 0) is 0 Å². The molecule has 0 unspecified atom stereocenters. The van der Waals surface area contributed by atoms with Crippen LogP contribution in [0.15, 0.2) is 194 Å². The van der Waals surface area contributed by atoms with Crippen LogP contribution in [0, 0.1) is 34.6 Å². The minimum absolute atomic E-state index is 1.09. The summed E-state index contributed by atoms with van der Waals surface area (Å²) in [4.78, 5) is 6.97. The van der Waals surface area contributed by atoms with E-state index in [4.69, 9.17) is 0 Å². The molecule has 0 saturated heterocycles. The molecule has 3 nitrogen and oxygen atoms in total. The maximum absolute atomic E-state index is 2.33. The summed E-state index contributed by atoms with van der Waals surface area (Å²) in [5.41, 5.74) is 18.6. The van der Waals surface area contributed by atoms with Crippen LogP contribution in [0.1, 0.15) is 27.8 Å². The molecule has 8 rings (SSSR count). The average Bonchev–Trinajstić information content (AvgIpc) is 3.23. The van der Waals surface area contributed by atoms with Gasteiger partial charge in [-0.15, -0.1) is 0 Å². The van der Waals surface area contributed by atoms with Gasteiger partial charge in [0.1, 0.15) is 0 Å². The van der Waals surface area contributed by atoms with E-state index >= 15 is 0 Å². The number of nitrogens with zero attached hydrogens (tertiary/aromatic N) is 3. The molecule has 8 aromatic carbocycles. The van der Waals surface area contributed by atoms with Crippen molar-refractivity contribution in [3.8, 4) is 11.1 Å². The van der Waals surface area contributed by atoms with Gasteiger partial charge in [0.2, 0.25) is 0 Å². The monoisotopic (exact) mass is 725 g/mol. The van der Waals surface area contributed by atoms with E-state index in [1.807, 2.05) is 0 Å². The first-order chi connectivity index (χ1) is 27.3. The lowest BCUT2D eigenvalue weighted by atomic mass is 10.0. The second-order valence-electron chi connectivity index (χ2n) is 14.8. The van der Waals surface area contributed by atoms with Gasteiger partial charge in [0.25, 0.3) is 0 Å². The zero-order valence-electron chi connectivity index (χ0n) is 32.8. The first-order valence-corrected chi connectivity index (χ1v) is 19.3. The molecule has 0 radical (unpaired) electrons. The Labute approximate surface area is 332 Å². The smallest absolute Gasteiger partial charge is 0.0463 e. The third kappa shape index (κ3) is 7.85. The van der Waals surface area contributed by atoms with Crippen molar-refractivity contribution in [3.63, 3.8) is 0 Å². The second-order valence-corrected chi connectivity index (χ2v) is 14.8. The summed E-state index contributed by atoms with van der Waals surface area (Å²) in [5, 5.41) is 0. The Kier molecular flexibility index (Phi) is 10.2. The molecule has 0 saturated carbocycles. The van der Waals surface area contributed by atoms with Crippen molar-refractivity contribution in [1.82, 2.24) is 0 Å². The number of aryl methyl sites for hydroxylation is 5. The Bertz CT molecular complexity index is 2410. The largest absolute Gasteiger partial charge is 0.311 e. The van der Waals surface area contributed by atoms with Gasteiger partial charge >= 0.3 is 0 Å². The van der Waals surface area contributed by atoms with Crippen LogP contribution in [0.5, 0.6) is 0 Å². The van der Waals surface area contributed by atoms with E-state index in [1.165, 1.54) is 38.9 Å². The van der Waals surface area contributed by atoms with Crippen molar-refractivity contribution in [2.45, 2.75) is 34.6 Å². The van der Waals surface area contributed by atoms with Crippen LogP contribution in [0.2, 0.25) is 0 Å². The van der Waals surface area contributed by atoms with Crippen LogP contribution in [-0.4, -0.2) is 0 Å². The minimum Gasteiger partial charge on any atom is -0.311 e. The number of benzene rings is 8. The van der Waals surface area contributed by atoms with Gasteiger partial charge in [-0.1, -0.05) is 113 Å². The van der Waals surface area contributed by atoms with E-state index in [-0.39, 0.29) is 0 Å². The molecule has 0 aliphatic rings. The van der Waals surface area contributed by atoms with Gasteiger partial charge in [0.15, 0.2) is 0 Å². The number of hydrogen-bond acceptors (Lipinski definition) is 3. The topological polar surface area (TPSA) is 9.72 Å². The zero-order valence-corrected chi connectivity index (χ0v) is 32.8.